The second-order valence-corrected chi connectivity index (χ2v) is 6.10. The minimum Gasteiger partial charge on any atom is -0.377 e. The van der Waals surface area contributed by atoms with Gasteiger partial charge in [-0.1, -0.05) is 0 Å². The largest absolute Gasteiger partial charge is 0.408 e. The SMILES string of the molecule is CCN(CC)C(=O)N1CCOC[C@H]1c1c(C)nn(CC(F)(F)F)c1C. The molecule has 0 spiro atoms. The van der Waals surface area contributed by atoms with Gasteiger partial charge in [0.05, 0.1) is 24.9 Å². The number of urea groups is 1. The van der Waals surface area contributed by atoms with E-state index >= 15 is 0 Å². The van der Waals surface area contributed by atoms with Gasteiger partial charge in [0.25, 0.3) is 0 Å². The topological polar surface area (TPSA) is 50.6 Å². The Morgan fingerprint density at radius 2 is 1.96 bits per heavy atom. The molecule has 1 atom stereocenters. The first-order chi connectivity index (χ1) is 11.7. The standard InChI is InChI=1S/C16H25F3N4O2/c1-5-21(6-2)15(24)22-7-8-25-9-13(22)14-11(3)20-23(12(14)4)10-16(17,18)19/h13H,5-10H2,1-4H3/t13-/m0/s1. The lowest BCUT2D eigenvalue weighted by Crippen LogP contribution is -2.50. The highest BCUT2D eigenvalue weighted by molar-refractivity contribution is 5.75. The van der Waals surface area contributed by atoms with Gasteiger partial charge in [0, 0.05) is 30.9 Å². The Balaban J connectivity index is 2.36. The second kappa shape index (κ2) is 7.63. The molecular weight excluding hydrogens is 337 g/mol. The lowest BCUT2D eigenvalue weighted by molar-refractivity contribution is -0.143. The molecule has 6 nitrogen and oxygen atoms in total. The van der Waals surface area contributed by atoms with Gasteiger partial charge in [-0.25, -0.2) is 4.79 Å². The van der Waals surface area contributed by atoms with E-state index in [1.54, 1.807) is 23.6 Å². The molecule has 2 amide bonds. The van der Waals surface area contributed by atoms with Crippen LogP contribution in [0.5, 0.6) is 0 Å². The molecule has 1 aliphatic heterocycles. The highest BCUT2D eigenvalue weighted by atomic mass is 19.4. The minimum absolute atomic E-state index is 0.124. The van der Waals surface area contributed by atoms with Crippen LogP contribution in [0, 0.1) is 13.8 Å². The molecule has 25 heavy (non-hydrogen) atoms. The highest BCUT2D eigenvalue weighted by Gasteiger charge is 2.36. The maximum Gasteiger partial charge on any atom is 0.408 e. The summed E-state index contributed by atoms with van der Waals surface area (Å²) in [6, 6.07) is -0.551. The molecule has 2 rings (SSSR count). The predicted octanol–water partition coefficient (Wildman–Crippen LogP) is 2.90. The van der Waals surface area contributed by atoms with E-state index in [0.29, 0.717) is 43.2 Å². The van der Waals surface area contributed by atoms with Gasteiger partial charge < -0.3 is 14.5 Å². The number of nitrogens with zero attached hydrogens (tertiary/aromatic N) is 4. The van der Waals surface area contributed by atoms with Crippen molar-refractivity contribution in [1.82, 2.24) is 19.6 Å². The summed E-state index contributed by atoms with van der Waals surface area (Å²) in [4.78, 5) is 16.2. The molecule has 0 N–H and O–H groups in total. The number of aromatic nitrogens is 2. The van der Waals surface area contributed by atoms with Crippen LogP contribution < -0.4 is 0 Å². The van der Waals surface area contributed by atoms with Crippen LogP contribution in [-0.2, 0) is 11.3 Å². The molecule has 142 valence electrons. The highest BCUT2D eigenvalue weighted by Crippen LogP contribution is 2.31. The lowest BCUT2D eigenvalue weighted by atomic mass is 10.0. The van der Waals surface area contributed by atoms with Crippen LogP contribution in [0.4, 0.5) is 18.0 Å². The molecule has 0 aliphatic carbocycles. The van der Waals surface area contributed by atoms with E-state index in [4.69, 9.17) is 4.74 Å². The van der Waals surface area contributed by atoms with Crippen molar-refractivity contribution >= 4 is 6.03 Å². The Labute approximate surface area is 145 Å². The summed E-state index contributed by atoms with van der Waals surface area (Å²) in [7, 11) is 0. The molecule has 1 aromatic heterocycles. The van der Waals surface area contributed by atoms with Crippen LogP contribution in [0.2, 0.25) is 0 Å². The summed E-state index contributed by atoms with van der Waals surface area (Å²) in [6.45, 7) is 8.16. The van der Waals surface area contributed by atoms with E-state index in [-0.39, 0.29) is 12.6 Å². The number of rotatable bonds is 4. The first-order valence-corrected chi connectivity index (χ1v) is 8.43. The fraction of sp³-hybridized carbons (Fsp3) is 0.750. The van der Waals surface area contributed by atoms with Crippen LogP contribution in [-0.4, -0.2) is 64.6 Å². The third-order valence-corrected chi connectivity index (χ3v) is 4.51. The Morgan fingerprint density at radius 3 is 2.52 bits per heavy atom. The summed E-state index contributed by atoms with van der Waals surface area (Å²) in [5.41, 5.74) is 1.56. The molecule has 0 unspecified atom stereocenters. The van der Waals surface area contributed by atoms with Crippen molar-refractivity contribution in [3.05, 3.63) is 17.0 Å². The molecule has 1 aliphatic rings. The first-order valence-electron chi connectivity index (χ1n) is 8.43. The van der Waals surface area contributed by atoms with Crippen molar-refractivity contribution in [3.63, 3.8) is 0 Å². The Morgan fingerprint density at radius 1 is 1.32 bits per heavy atom. The average Bonchev–Trinajstić information content (AvgIpc) is 2.80. The van der Waals surface area contributed by atoms with Gasteiger partial charge in [-0.3, -0.25) is 4.68 Å². The zero-order valence-corrected chi connectivity index (χ0v) is 15.1. The normalized spacial score (nSPS) is 18.5. The van der Waals surface area contributed by atoms with E-state index < -0.39 is 18.8 Å². The summed E-state index contributed by atoms with van der Waals surface area (Å²) < 4.78 is 44.7. The summed E-state index contributed by atoms with van der Waals surface area (Å²) in [5, 5.41) is 4.04. The van der Waals surface area contributed by atoms with E-state index in [9.17, 15) is 18.0 Å². The van der Waals surface area contributed by atoms with Gasteiger partial charge in [-0.15, -0.1) is 0 Å². The number of hydrogen-bond donors (Lipinski definition) is 0. The monoisotopic (exact) mass is 362 g/mol. The molecule has 1 fully saturated rings. The number of alkyl halides is 3. The summed E-state index contributed by atoms with van der Waals surface area (Å²) in [5.74, 6) is 0. The molecule has 0 bridgehead atoms. The van der Waals surface area contributed by atoms with Crippen LogP contribution >= 0.6 is 0 Å². The molecule has 0 aromatic carbocycles. The summed E-state index contributed by atoms with van der Waals surface area (Å²) >= 11 is 0. The smallest absolute Gasteiger partial charge is 0.377 e. The average molecular weight is 362 g/mol. The van der Waals surface area contributed by atoms with E-state index in [0.717, 1.165) is 4.68 Å². The van der Waals surface area contributed by atoms with Crippen molar-refractivity contribution in [1.29, 1.82) is 0 Å². The molecule has 1 aromatic rings. The van der Waals surface area contributed by atoms with Crippen LogP contribution in [0.15, 0.2) is 0 Å². The number of ether oxygens (including phenoxy) is 1. The molecule has 1 saturated heterocycles. The van der Waals surface area contributed by atoms with Gasteiger partial charge in [0.15, 0.2) is 0 Å². The van der Waals surface area contributed by atoms with Gasteiger partial charge in [-0.05, 0) is 27.7 Å². The van der Waals surface area contributed by atoms with Gasteiger partial charge in [0.2, 0.25) is 0 Å². The van der Waals surface area contributed by atoms with Crippen molar-refractivity contribution in [2.24, 2.45) is 0 Å². The quantitative estimate of drug-likeness (QED) is 0.828. The number of aryl methyl sites for hydroxylation is 1. The number of halogens is 3. The number of amides is 2. The van der Waals surface area contributed by atoms with Gasteiger partial charge in [0.1, 0.15) is 6.54 Å². The first kappa shape index (κ1) is 19.6. The van der Waals surface area contributed by atoms with Crippen molar-refractivity contribution in [2.45, 2.75) is 46.5 Å². The maximum atomic E-state index is 12.8. The van der Waals surface area contributed by atoms with E-state index in [1.165, 1.54) is 0 Å². The number of morpholine rings is 1. The van der Waals surface area contributed by atoms with Gasteiger partial charge in [-0.2, -0.15) is 18.3 Å². The number of carbonyl (C=O) groups excluding carboxylic acids is 1. The van der Waals surface area contributed by atoms with Crippen LogP contribution in [0.3, 0.4) is 0 Å². The fourth-order valence-corrected chi connectivity index (χ4v) is 3.26. The lowest BCUT2D eigenvalue weighted by Gasteiger charge is -2.38. The zero-order chi connectivity index (χ0) is 18.8. The van der Waals surface area contributed by atoms with Gasteiger partial charge >= 0.3 is 12.2 Å². The zero-order valence-electron chi connectivity index (χ0n) is 15.1. The molecule has 2 heterocycles. The molecule has 0 saturated carbocycles. The second-order valence-electron chi connectivity index (χ2n) is 6.10. The minimum atomic E-state index is -4.35. The predicted molar refractivity (Wildman–Crippen MR) is 86.3 cm³/mol. The van der Waals surface area contributed by atoms with Crippen LogP contribution in [0.1, 0.15) is 36.8 Å². The fourth-order valence-electron chi connectivity index (χ4n) is 3.26. The van der Waals surface area contributed by atoms with Crippen LogP contribution in [0.25, 0.3) is 0 Å². The van der Waals surface area contributed by atoms with E-state index in [2.05, 4.69) is 5.10 Å². The maximum absolute atomic E-state index is 12.8. The molecular formula is C16H25F3N4O2. The van der Waals surface area contributed by atoms with Crippen molar-refractivity contribution < 1.29 is 22.7 Å². The Bertz CT molecular complexity index is 611. The molecule has 9 heteroatoms. The number of carbonyl (C=O) groups is 1. The Kier molecular flexibility index (Phi) is 5.97. The van der Waals surface area contributed by atoms with Crippen molar-refractivity contribution in [3.8, 4) is 0 Å². The Hall–Kier alpha value is -1.77. The molecule has 0 radical (unpaired) electrons. The summed E-state index contributed by atoms with van der Waals surface area (Å²) in [6.07, 6.45) is -4.35. The third-order valence-electron chi connectivity index (χ3n) is 4.51. The number of hydrogen-bond acceptors (Lipinski definition) is 3. The third kappa shape index (κ3) is 4.26. The van der Waals surface area contributed by atoms with E-state index in [1.807, 2.05) is 13.8 Å². The van der Waals surface area contributed by atoms with Crippen molar-refractivity contribution in [2.75, 3.05) is 32.8 Å².